The summed E-state index contributed by atoms with van der Waals surface area (Å²) < 4.78 is 23.1. The zero-order valence-electron chi connectivity index (χ0n) is 14.6. The average molecular weight is 433 g/mol. The van der Waals surface area contributed by atoms with Crippen LogP contribution >= 0.6 is 27.7 Å². The molecule has 0 fully saturated rings. The highest BCUT2D eigenvalue weighted by molar-refractivity contribution is 9.08. The summed E-state index contributed by atoms with van der Waals surface area (Å²) in [5, 5.41) is 0.323. The van der Waals surface area contributed by atoms with Gasteiger partial charge in [0.2, 0.25) is 17.4 Å². The molecular weight excluding hydrogens is 414 g/mol. The smallest absolute Gasteiger partial charge is 0.216 e. The topological polar surface area (TPSA) is 58.9 Å². The number of benzene rings is 1. The first kappa shape index (κ1) is 19.5. The Labute approximate surface area is 159 Å². The van der Waals surface area contributed by atoms with Gasteiger partial charge in [0, 0.05) is 0 Å². The van der Waals surface area contributed by atoms with Crippen molar-refractivity contribution < 1.29 is 23.7 Å². The molecule has 0 spiro atoms. The summed E-state index contributed by atoms with van der Waals surface area (Å²) in [5.74, 6) is 1.16. The highest BCUT2D eigenvalue weighted by atomic mass is 79.9. The number of ether oxygens (including phenoxy) is 4. The lowest BCUT2D eigenvalue weighted by molar-refractivity contribution is 0.103. The maximum atomic E-state index is 13.2. The van der Waals surface area contributed by atoms with Crippen LogP contribution in [0.4, 0.5) is 0 Å². The number of halogens is 2. The summed E-state index contributed by atoms with van der Waals surface area (Å²) in [6.07, 6.45) is 0. The second-order valence-corrected chi connectivity index (χ2v) is 6.16. The number of ketones is 1. The van der Waals surface area contributed by atoms with Gasteiger partial charge in [-0.05, 0) is 31.5 Å². The maximum absolute atomic E-state index is 13.2. The van der Waals surface area contributed by atoms with E-state index in [2.05, 4.69) is 16.1 Å². The number of rotatable bonds is 7. The molecule has 2 aromatic rings. The summed E-state index contributed by atoms with van der Waals surface area (Å²) >= 11 is 9.41. The van der Waals surface area contributed by atoms with Gasteiger partial charge in [0.15, 0.2) is 11.5 Å². The van der Waals surface area contributed by atoms with Gasteiger partial charge in [-0.25, -0.2) is 3.59 Å². The second kappa shape index (κ2) is 8.01. The van der Waals surface area contributed by atoms with Crippen molar-refractivity contribution in [3.05, 3.63) is 34.0 Å². The van der Waals surface area contributed by atoms with Gasteiger partial charge in [-0.1, -0.05) is 11.6 Å². The van der Waals surface area contributed by atoms with Crippen LogP contribution in [0.1, 0.15) is 28.4 Å². The number of methoxy groups -OCH3 is 3. The first-order valence-corrected chi connectivity index (χ1v) is 8.54. The van der Waals surface area contributed by atoms with Crippen molar-refractivity contribution in [2.45, 2.75) is 13.8 Å². The van der Waals surface area contributed by atoms with E-state index < -0.39 is 0 Å². The van der Waals surface area contributed by atoms with Gasteiger partial charge >= 0.3 is 0 Å². The van der Waals surface area contributed by atoms with E-state index in [1.165, 1.54) is 24.9 Å². The van der Waals surface area contributed by atoms with Crippen molar-refractivity contribution in [1.29, 1.82) is 0 Å². The number of aromatic nitrogens is 1. The zero-order chi connectivity index (χ0) is 18.7. The van der Waals surface area contributed by atoms with Gasteiger partial charge in [-0.3, -0.25) is 4.79 Å². The van der Waals surface area contributed by atoms with Gasteiger partial charge in [0.05, 0.1) is 55.2 Å². The minimum Gasteiger partial charge on any atom is -0.493 e. The third-order valence-electron chi connectivity index (χ3n) is 3.64. The normalized spacial score (nSPS) is 10.5. The number of carbonyl (C=O) groups is 1. The Morgan fingerprint density at radius 1 is 1.16 bits per heavy atom. The summed E-state index contributed by atoms with van der Waals surface area (Å²) in [6, 6.07) is 3.26. The first-order valence-electron chi connectivity index (χ1n) is 7.45. The standard InChI is InChI=1S/C17H19BrClNO5/c1-6-25-17-10(8-12(19)20(17)18)14(21)13-9(2)7-11(22-3)15(23-4)16(13)24-5/h7-8H,6H2,1-5H3. The van der Waals surface area contributed by atoms with Gasteiger partial charge in [0.25, 0.3) is 0 Å². The van der Waals surface area contributed by atoms with Gasteiger partial charge in [0.1, 0.15) is 5.15 Å². The number of hydrogen-bond donors (Lipinski definition) is 0. The molecule has 0 amide bonds. The van der Waals surface area contributed by atoms with Crippen LogP contribution in [0.15, 0.2) is 12.1 Å². The monoisotopic (exact) mass is 431 g/mol. The molecule has 0 atom stereocenters. The fraction of sp³-hybridized carbons (Fsp3) is 0.353. The van der Waals surface area contributed by atoms with E-state index in [-0.39, 0.29) is 5.78 Å². The Morgan fingerprint density at radius 3 is 2.32 bits per heavy atom. The molecule has 1 aromatic heterocycles. The van der Waals surface area contributed by atoms with Crippen LogP contribution in [0.2, 0.25) is 5.15 Å². The Kier molecular flexibility index (Phi) is 6.24. The highest BCUT2D eigenvalue weighted by Crippen LogP contribution is 2.43. The summed E-state index contributed by atoms with van der Waals surface area (Å²) in [4.78, 5) is 13.2. The SMILES string of the molecule is CCOc1c(C(=O)c2c(C)cc(OC)c(OC)c2OC)cc(Cl)n1Br. The molecule has 2 rings (SSSR count). The molecule has 136 valence electrons. The van der Waals surface area contributed by atoms with E-state index in [1.54, 1.807) is 19.1 Å². The Hall–Kier alpha value is -1.86. The molecule has 6 nitrogen and oxygen atoms in total. The van der Waals surface area contributed by atoms with E-state index in [0.29, 0.717) is 51.6 Å². The summed E-state index contributed by atoms with van der Waals surface area (Å²) in [7, 11) is 4.48. The van der Waals surface area contributed by atoms with Crippen LogP contribution in [0.25, 0.3) is 0 Å². The predicted octanol–water partition coefficient (Wildman–Crippen LogP) is 4.26. The van der Waals surface area contributed by atoms with Crippen LogP contribution < -0.4 is 18.9 Å². The molecule has 0 aliphatic rings. The third kappa shape index (κ3) is 3.43. The molecule has 1 aromatic carbocycles. The second-order valence-electron chi connectivity index (χ2n) is 5.07. The van der Waals surface area contributed by atoms with Gasteiger partial charge < -0.3 is 18.9 Å². The molecule has 25 heavy (non-hydrogen) atoms. The van der Waals surface area contributed by atoms with Crippen molar-refractivity contribution in [2.75, 3.05) is 27.9 Å². The average Bonchev–Trinajstić information content (AvgIpc) is 2.88. The van der Waals surface area contributed by atoms with Crippen molar-refractivity contribution in [3.8, 4) is 23.1 Å². The minimum atomic E-state index is -0.293. The van der Waals surface area contributed by atoms with Crippen LogP contribution in [-0.2, 0) is 0 Å². The molecule has 0 saturated heterocycles. The molecule has 0 saturated carbocycles. The van der Waals surface area contributed by atoms with Crippen LogP contribution in [0, 0.1) is 6.92 Å². The summed E-state index contributed by atoms with van der Waals surface area (Å²) in [6.45, 7) is 4.00. The molecule has 0 radical (unpaired) electrons. The van der Waals surface area contributed by atoms with E-state index in [0.717, 1.165) is 0 Å². The first-order chi connectivity index (χ1) is 11.9. The molecule has 8 heteroatoms. The third-order valence-corrected chi connectivity index (χ3v) is 4.83. The zero-order valence-corrected chi connectivity index (χ0v) is 16.9. The highest BCUT2D eigenvalue weighted by Gasteiger charge is 2.28. The fourth-order valence-corrected chi connectivity index (χ4v) is 3.15. The number of carbonyl (C=O) groups excluding carboxylic acids is 1. The van der Waals surface area contributed by atoms with Crippen molar-refractivity contribution in [3.63, 3.8) is 0 Å². The minimum absolute atomic E-state index is 0.293. The van der Waals surface area contributed by atoms with Gasteiger partial charge in [-0.2, -0.15) is 0 Å². The number of hydrogen-bond acceptors (Lipinski definition) is 5. The van der Waals surface area contributed by atoms with E-state index >= 15 is 0 Å². The van der Waals surface area contributed by atoms with E-state index in [1.807, 2.05) is 6.92 Å². The number of nitrogens with zero attached hydrogens (tertiary/aromatic N) is 1. The van der Waals surface area contributed by atoms with Crippen LogP contribution in [0.3, 0.4) is 0 Å². The summed E-state index contributed by atoms with van der Waals surface area (Å²) in [5.41, 5.74) is 1.36. The molecule has 0 bridgehead atoms. The van der Waals surface area contributed by atoms with Crippen molar-refractivity contribution >= 4 is 33.5 Å². The largest absolute Gasteiger partial charge is 0.493 e. The lowest BCUT2D eigenvalue weighted by atomic mass is 9.98. The fourth-order valence-electron chi connectivity index (χ4n) is 2.57. The molecule has 0 aliphatic carbocycles. The molecule has 0 aliphatic heterocycles. The molecular formula is C17H19BrClNO5. The lowest BCUT2D eigenvalue weighted by Crippen LogP contribution is -2.10. The Balaban J connectivity index is 2.70. The van der Waals surface area contributed by atoms with Crippen molar-refractivity contribution in [2.24, 2.45) is 0 Å². The van der Waals surface area contributed by atoms with Gasteiger partial charge in [-0.15, -0.1) is 0 Å². The quantitative estimate of drug-likeness (QED) is 0.612. The van der Waals surface area contributed by atoms with Crippen LogP contribution in [0.5, 0.6) is 23.1 Å². The molecule has 0 unspecified atom stereocenters. The van der Waals surface area contributed by atoms with E-state index in [9.17, 15) is 4.79 Å². The Morgan fingerprint density at radius 2 is 1.80 bits per heavy atom. The maximum Gasteiger partial charge on any atom is 0.216 e. The predicted molar refractivity (Wildman–Crippen MR) is 99.2 cm³/mol. The van der Waals surface area contributed by atoms with Crippen LogP contribution in [-0.4, -0.2) is 37.3 Å². The molecule has 1 heterocycles. The van der Waals surface area contributed by atoms with Crippen molar-refractivity contribution in [1.82, 2.24) is 3.59 Å². The number of aryl methyl sites for hydroxylation is 1. The molecule has 0 N–H and O–H groups in total. The van der Waals surface area contributed by atoms with E-state index in [4.69, 9.17) is 30.5 Å². The lowest BCUT2D eigenvalue weighted by Gasteiger charge is -2.17. The Bertz CT molecular complexity index is 803.